The van der Waals surface area contributed by atoms with Crippen LogP contribution in [0.15, 0.2) is 78.9 Å². The zero-order valence-corrected chi connectivity index (χ0v) is 16.1. The Bertz CT molecular complexity index is 995. The zero-order chi connectivity index (χ0) is 19.9. The summed E-state index contributed by atoms with van der Waals surface area (Å²) < 4.78 is 5.23. The van der Waals surface area contributed by atoms with E-state index in [9.17, 15) is 9.59 Å². The molecule has 0 aliphatic carbocycles. The number of carbonyl (C=O) groups excluding carboxylic acids is 2. The smallest absolute Gasteiger partial charge is 0.336 e. The molecule has 0 unspecified atom stereocenters. The van der Waals surface area contributed by atoms with Gasteiger partial charge in [-0.05, 0) is 72.3 Å². The highest BCUT2D eigenvalue weighted by Gasteiger charge is 2.07. The van der Waals surface area contributed by atoms with Gasteiger partial charge in [-0.3, -0.25) is 4.79 Å². The number of carbonyl (C=O) groups is 2. The fourth-order valence-corrected chi connectivity index (χ4v) is 2.55. The van der Waals surface area contributed by atoms with Gasteiger partial charge in [0.15, 0.2) is 0 Å². The van der Waals surface area contributed by atoms with E-state index in [0.717, 1.165) is 5.56 Å². The van der Waals surface area contributed by atoms with Gasteiger partial charge in [-0.2, -0.15) is 0 Å². The highest BCUT2D eigenvalue weighted by molar-refractivity contribution is 6.30. The van der Waals surface area contributed by atoms with Crippen LogP contribution in [0, 0.1) is 0 Å². The SMILES string of the molecule is O=C(/C=C/c1ccc(Cl)cc1)Oc1ccc(C(=O)Nc2ccc(Cl)cc2)cc1. The van der Waals surface area contributed by atoms with Crippen molar-refractivity contribution in [1.29, 1.82) is 0 Å². The van der Waals surface area contributed by atoms with Crippen LogP contribution < -0.4 is 10.1 Å². The lowest BCUT2D eigenvalue weighted by atomic mass is 10.2. The van der Waals surface area contributed by atoms with Crippen LogP contribution in [0.5, 0.6) is 5.75 Å². The number of nitrogens with one attached hydrogen (secondary N) is 1. The van der Waals surface area contributed by atoms with Gasteiger partial charge in [0.2, 0.25) is 0 Å². The quantitative estimate of drug-likeness (QED) is 0.324. The number of rotatable bonds is 5. The predicted octanol–water partition coefficient (Wildman–Crippen LogP) is 5.86. The summed E-state index contributed by atoms with van der Waals surface area (Å²) in [6, 6.07) is 20.1. The van der Waals surface area contributed by atoms with E-state index in [4.69, 9.17) is 27.9 Å². The molecule has 1 N–H and O–H groups in total. The summed E-state index contributed by atoms with van der Waals surface area (Å²) in [6.07, 6.45) is 2.96. The van der Waals surface area contributed by atoms with Crippen LogP contribution in [0.25, 0.3) is 6.08 Å². The topological polar surface area (TPSA) is 55.4 Å². The fourth-order valence-electron chi connectivity index (χ4n) is 2.30. The van der Waals surface area contributed by atoms with E-state index in [1.165, 1.54) is 6.08 Å². The molecule has 0 saturated heterocycles. The highest BCUT2D eigenvalue weighted by atomic mass is 35.5. The molecule has 0 saturated carbocycles. The van der Waals surface area contributed by atoms with Crippen LogP contribution in [-0.2, 0) is 4.79 Å². The van der Waals surface area contributed by atoms with E-state index in [0.29, 0.717) is 27.0 Å². The molecule has 3 aromatic rings. The second-order valence-corrected chi connectivity index (χ2v) is 6.66. The van der Waals surface area contributed by atoms with Crippen molar-refractivity contribution >= 4 is 46.8 Å². The number of ether oxygens (including phenoxy) is 1. The summed E-state index contributed by atoms with van der Waals surface area (Å²) in [7, 11) is 0. The maximum absolute atomic E-state index is 12.2. The van der Waals surface area contributed by atoms with Crippen LogP contribution in [0.3, 0.4) is 0 Å². The molecule has 3 rings (SSSR count). The van der Waals surface area contributed by atoms with Gasteiger partial charge in [-0.15, -0.1) is 0 Å². The lowest BCUT2D eigenvalue weighted by Crippen LogP contribution is -2.11. The monoisotopic (exact) mass is 411 g/mol. The second kappa shape index (κ2) is 9.22. The minimum atomic E-state index is -0.520. The van der Waals surface area contributed by atoms with E-state index in [1.54, 1.807) is 78.9 Å². The molecule has 6 heteroatoms. The molecule has 0 aromatic heterocycles. The molecule has 0 aliphatic heterocycles. The molecule has 3 aromatic carbocycles. The molecule has 1 amide bonds. The first-order valence-corrected chi connectivity index (χ1v) is 9.08. The third-order valence-corrected chi connectivity index (χ3v) is 4.22. The van der Waals surface area contributed by atoms with Crippen LogP contribution in [0.2, 0.25) is 10.0 Å². The Labute approximate surface area is 172 Å². The van der Waals surface area contributed by atoms with Crippen molar-refractivity contribution in [1.82, 2.24) is 0 Å². The van der Waals surface area contributed by atoms with E-state index in [2.05, 4.69) is 5.32 Å². The van der Waals surface area contributed by atoms with Gasteiger partial charge in [0.05, 0.1) is 0 Å². The fraction of sp³-hybridized carbons (Fsp3) is 0. The van der Waals surface area contributed by atoms with E-state index in [-0.39, 0.29) is 5.91 Å². The summed E-state index contributed by atoms with van der Waals surface area (Å²) in [5.41, 5.74) is 1.90. The first kappa shape index (κ1) is 19.7. The van der Waals surface area contributed by atoms with Crippen molar-refractivity contribution in [3.8, 4) is 5.75 Å². The molecule has 0 atom stereocenters. The number of hydrogen-bond donors (Lipinski definition) is 1. The molecule has 140 valence electrons. The Balaban J connectivity index is 1.57. The number of hydrogen-bond acceptors (Lipinski definition) is 3. The molecule has 28 heavy (non-hydrogen) atoms. The summed E-state index contributed by atoms with van der Waals surface area (Å²) >= 11 is 11.6. The van der Waals surface area contributed by atoms with Crippen molar-refractivity contribution in [2.45, 2.75) is 0 Å². The first-order chi connectivity index (χ1) is 13.5. The lowest BCUT2D eigenvalue weighted by Gasteiger charge is -2.06. The summed E-state index contributed by atoms with van der Waals surface area (Å²) in [6.45, 7) is 0. The molecule has 0 heterocycles. The van der Waals surface area contributed by atoms with E-state index in [1.807, 2.05) is 0 Å². The Hall–Kier alpha value is -3.08. The largest absolute Gasteiger partial charge is 0.423 e. The number of esters is 1. The van der Waals surface area contributed by atoms with E-state index >= 15 is 0 Å². The number of halogens is 2. The Morgan fingerprint density at radius 1 is 0.786 bits per heavy atom. The number of amides is 1. The zero-order valence-electron chi connectivity index (χ0n) is 14.6. The summed E-state index contributed by atoms with van der Waals surface area (Å²) in [4.78, 5) is 24.2. The Kier molecular flexibility index (Phi) is 6.48. The maximum Gasteiger partial charge on any atom is 0.336 e. The molecule has 0 aliphatic rings. The Morgan fingerprint density at radius 2 is 1.36 bits per heavy atom. The molecule has 0 radical (unpaired) electrons. The minimum absolute atomic E-state index is 0.275. The maximum atomic E-state index is 12.2. The molecule has 4 nitrogen and oxygen atoms in total. The second-order valence-electron chi connectivity index (χ2n) is 5.79. The Morgan fingerprint density at radius 3 is 1.96 bits per heavy atom. The summed E-state index contributed by atoms with van der Waals surface area (Å²) in [5, 5.41) is 3.98. The average Bonchev–Trinajstić information content (AvgIpc) is 2.70. The van der Waals surface area contributed by atoms with E-state index < -0.39 is 5.97 Å². The lowest BCUT2D eigenvalue weighted by molar-refractivity contribution is -0.128. The first-order valence-electron chi connectivity index (χ1n) is 8.32. The van der Waals surface area contributed by atoms with Crippen molar-refractivity contribution in [2.24, 2.45) is 0 Å². The third-order valence-electron chi connectivity index (χ3n) is 3.72. The van der Waals surface area contributed by atoms with Gasteiger partial charge < -0.3 is 10.1 Å². The van der Waals surface area contributed by atoms with Crippen molar-refractivity contribution < 1.29 is 14.3 Å². The minimum Gasteiger partial charge on any atom is -0.423 e. The van der Waals surface area contributed by atoms with Crippen LogP contribution in [-0.4, -0.2) is 11.9 Å². The van der Waals surface area contributed by atoms with Gasteiger partial charge in [0.1, 0.15) is 5.75 Å². The molecule has 0 fully saturated rings. The van der Waals surface area contributed by atoms with Gasteiger partial charge in [-0.25, -0.2) is 4.79 Å². The number of benzene rings is 3. The summed E-state index contributed by atoms with van der Waals surface area (Å²) in [5.74, 6) is -0.454. The van der Waals surface area contributed by atoms with Crippen molar-refractivity contribution in [2.75, 3.05) is 5.32 Å². The van der Waals surface area contributed by atoms with Crippen molar-refractivity contribution in [3.63, 3.8) is 0 Å². The standard InChI is InChI=1S/C22H15Cl2NO3/c23-17-6-1-15(2-7-17)3-14-21(26)28-20-12-4-16(5-13-20)22(27)25-19-10-8-18(24)9-11-19/h1-14H,(H,25,27)/b14-3+. The molecular weight excluding hydrogens is 397 g/mol. The van der Waals surface area contributed by atoms with Gasteiger partial charge >= 0.3 is 5.97 Å². The van der Waals surface area contributed by atoms with Crippen LogP contribution >= 0.6 is 23.2 Å². The van der Waals surface area contributed by atoms with Gasteiger partial charge in [-0.1, -0.05) is 35.3 Å². The molecule has 0 spiro atoms. The van der Waals surface area contributed by atoms with Gasteiger partial charge in [0.25, 0.3) is 5.91 Å². The van der Waals surface area contributed by atoms with Crippen LogP contribution in [0.4, 0.5) is 5.69 Å². The highest BCUT2D eigenvalue weighted by Crippen LogP contribution is 2.17. The predicted molar refractivity (Wildman–Crippen MR) is 112 cm³/mol. The average molecular weight is 412 g/mol. The van der Waals surface area contributed by atoms with Crippen LogP contribution in [0.1, 0.15) is 15.9 Å². The van der Waals surface area contributed by atoms with Gasteiger partial charge in [0, 0.05) is 27.4 Å². The third kappa shape index (κ3) is 5.71. The normalized spacial score (nSPS) is 10.6. The van der Waals surface area contributed by atoms with Crippen molar-refractivity contribution in [3.05, 3.63) is 100 Å². The molecular formula is C22H15Cl2NO3. The number of anilines is 1. The molecule has 0 bridgehead atoms.